The number of rotatable bonds is 6. The van der Waals surface area contributed by atoms with E-state index in [1.165, 1.54) is 0 Å². The van der Waals surface area contributed by atoms with Crippen LogP contribution in [0.25, 0.3) is 0 Å². The van der Waals surface area contributed by atoms with Gasteiger partial charge in [0.1, 0.15) is 0 Å². The summed E-state index contributed by atoms with van der Waals surface area (Å²) in [6.45, 7) is 3.56. The molecule has 2 heterocycles. The summed E-state index contributed by atoms with van der Waals surface area (Å²) in [7, 11) is -3.07. The Labute approximate surface area is 161 Å². The van der Waals surface area contributed by atoms with Gasteiger partial charge in [-0.3, -0.25) is 9.78 Å². The maximum absolute atomic E-state index is 12.7. The third-order valence-corrected chi connectivity index (χ3v) is 9.30. The number of aromatic nitrogens is 1. The molecule has 1 saturated heterocycles. The number of hydrogen-bond acceptors (Lipinski definition) is 5. The van der Waals surface area contributed by atoms with Crippen LogP contribution in [0.2, 0.25) is 0 Å². The van der Waals surface area contributed by atoms with Crippen LogP contribution in [-0.2, 0) is 21.2 Å². The topological polar surface area (TPSA) is 88.2 Å². The summed E-state index contributed by atoms with van der Waals surface area (Å²) >= 11 is 0. The Bertz CT molecular complexity index is 799. The highest BCUT2D eigenvalue weighted by molar-refractivity contribution is 7.92. The van der Waals surface area contributed by atoms with Crippen LogP contribution in [0.3, 0.4) is 0 Å². The first-order valence-corrected chi connectivity index (χ1v) is 11.6. The van der Waals surface area contributed by atoms with Crippen LogP contribution >= 0.6 is 0 Å². The maximum atomic E-state index is 12.7. The SMILES string of the molecule is CC1(C(=O)NC2CCS(=O)(=O)C3(CC(CNCc4cccnc4)C3)C2)CC1. The highest BCUT2D eigenvalue weighted by Crippen LogP contribution is 2.50. The maximum Gasteiger partial charge on any atom is 0.226 e. The normalized spacial score (nSPS) is 33.2. The molecule has 3 fully saturated rings. The molecule has 27 heavy (non-hydrogen) atoms. The van der Waals surface area contributed by atoms with Crippen molar-refractivity contribution in [3.05, 3.63) is 30.1 Å². The van der Waals surface area contributed by atoms with Gasteiger partial charge < -0.3 is 10.6 Å². The van der Waals surface area contributed by atoms with Crippen molar-refractivity contribution in [2.45, 2.75) is 62.8 Å². The Morgan fingerprint density at radius 3 is 2.74 bits per heavy atom. The van der Waals surface area contributed by atoms with Gasteiger partial charge in [-0.1, -0.05) is 13.0 Å². The molecule has 1 aromatic rings. The van der Waals surface area contributed by atoms with E-state index >= 15 is 0 Å². The summed E-state index contributed by atoms with van der Waals surface area (Å²) < 4.78 is 24.8. The average molecular weight is 392 g/mol. The van der Waals surface area contributed by atoms with Gasteiger partial charge in [-0.25, -0.2) is 8.42 Å². The monoisotopic (exact) mass is 391 g/mol. The number of sulfone groups is 1. The van der Waals surface area contributed by atoms with Crippen LogP contribution in [0.1, 0.15) is 51.0 Å². The van der Waals surface area contributed by atoms with E-state index in [0.29, 0.717) is 31.6 Å². The molecule has 1 spiro atoms. The number of hydrogen-bond donors (Lipinski definition) is 2. The van der Waals surface area contributed by atoms with Gasteiger partial charge in [-0.2, -0.15) is 0 Å². The summed E-state index contributed by atoms with van der Waals surface area (Å²) in [5, 5.41) is 6.56. The van der Waals surface area contributed by atoms with Gasteiger partial charge in [-0.15, -0.1) is 0 Å². The lowest BCUT2D eigenvalue weighted by atomic mass is 9.70. The number of nitrogens with zero attached hydrogens (tertiary/aromatic N) is 1. The fourth-order valence-electron chi connectivity index (χ4n) is 4.57. The van der Waals surface area contributed by atoms with Gasteiger partial charge in [0, 0.05) is 30.4 Å². The van der Waals surface area contributed by atoms with E-state index in [0.717, 1.165) is 31.5 Å². The lowest BCUT2D eigenvalue weighted by molar-refractivity contribution is -0.126. The number of carbonyl (C=O) groups is 1. The zero-order valence-electron chi connectivity index (χ0n) is 15.9. The standard InChI is InChI=1S/C20H29N3O3S/c1-19(5-6-19)18(24)23-17-4-8-27(25,26)20(11-17)9-16(10-20)14-22-13-15-3-2-7-21-12-15/h2-3,7,12,16-17,22H,4-6,8-11,13-14H2,1H3,(H,23,24). The first kappa shape index (κ1) is 18.9. The zero-order valence-corrected chi connectivity index (χ0v) is 16.7. The second kappa shape index (κ2) is 6.85. The van der Waals surface area contributed by atoms with Crippen molar-refractivity contribution < 1.29 is 13.2 Å². The molecule has 1 aromatic heterocycles. The Kier molecular flexibility index (Phi) is 4.79. The van der Waals surface area contributed by atoms with Crippen LogP contribution in [0.4, 0.5) is 0 Å². The molecule has 1 amide bonds. The second-order valence-corrected chi connectivity index (χ2v) is 11.5. The quantitative estimate of drug-likeness (QED) is 0.772. The number of amides is 1. The fraction of sp³-hybridized carbons (Fsp3) is 0.700. The van der Waals surface area contributed by atoms with Gasteiger partial charge in [0.2, 0.25) is 5.91 Å². The molecule has 2 saturated carbocycles. The molecule has 3 aliphatic rings. The van der Waals surface area contributed by atoms with E-state index in [1.807, 2.05) is 25.3 Å². The minimum Gasteiger partial charge on any atom is -0.353 e. The molecule has 1 atom stereocenters. The molecular formula is C20H29N3O3S. The lowest BCUT2D eigenvalue weighted by Crippen LogP contribution is -2.60. The van der Waals surface area contributed by atoms with Gasteiger partial charge in [0.15, 0.2) is 9.84 Å². The van der Waals surface area contributed by atoms with Crippen molar-refractivity contribution in [3.63, 3.8) is 0 Å². The average Bonchev–Trinajstić information content (AvgIpc) is 3.36. The summed E-state index contributed by atoms with van der Waals surface area (Å²) in [5.74, 6) is 0.688. The van der Waals surface area contributed by atoms with Crippen LogP contribution in [0.15, 0.2) is 24.5 Å². The summed E-state index contributed by atoms with van der Waals surface area (Å²) in [6, 6.07) is 3.95. The first-order chi connectivity index (χ1) is 12.8. The van der Waals surface area contributed by atoms with Crippen molar-refractivity contribution in [2.75, 3.05) is 12.3 Å². The Hall–Kier alpha value is -1.47. The third kappa shape index (κ3) is 3.76. The van der Waals surface area contributed by atoms with Crippen molar-refractivity contribution in [2.24, 2.45) is 11.3 Å². The molecule has 148 valence electrons. The summed E-state index contributed by atoms with van der Waals surface area (Å²) in [6.07, 6.45) is 8.03. The van der Waals surface area contributed by atoms with Crippen LogP contribution in [0.5, 0.6) is 0 Å². The van der Waals surface area contributed by atoms with Gasteiger partial charge >= 0.3 is 0 Å². The lowest BCUT2D eigenvalue weighted by Gasteiger charge is -2.51. The van der Waals surface area contributed by atoms with Crippen molar-refractivity contribution in [1.29, 1.82) is 0 Å². The second-order valence-electron chi connectivity index (χ2n) is 8.99. The molecule has 4 rings (SSSR count). The highest BCUT2D eigenvalue weighted by Gasteiger charge is 2.57. The Balaban J connectivity index is 1.29. The number of nitrogens with one attached hydrogen (secondary N) is 2. The summed E-state index contributed by atoms with van der Waals surface area (Å²) in [5.41, 5.74) is 0.926. The molecule has 1 unspecified atom stereocenters. The Morgan fingerprint density at radius 2 is 2.07 bits per heavy atom. The molecule has 0 bridgehead atoms. The highest BCUT2D eigenvalue weighted by atomic mass is 32.2. The van der Waals surface area contributed by atoms with Gasteiger partial charge in [-0.05, 0) is 62.6 Å². The van der Waals surface area contributed by atoms with Crippen LogP contribution in [0, 0.1) is 11.3 Å². The molecule has 6 nitrogen and oxygen atoms in total. The molecule has 2 N–H and O–H groups in total. The number of pyridine rings is 1. The zero-order chi connectivity index (χ0) is 19.1. The van der Waals surface area contributed by atoms with Crippen molar-refractivity contribution >= 4 is 15.7 Å². The third-order valence-electron chi connectivity index (χ3n) is 6.70. The molecular weight excluding hydrogens is 362 g/mol. The van der Waals surface area contributed by atoms with E-state index < -0.39 is 14.6 Å². The van der Waals surface area contributed by atoms with E-state index in [4.69, 9.17) is 0 Å². The molecule has 0 aromatic carbocycles. The molecule has 1 aliphatic heterocycles. The van der Waals surface area contributed by atoms with E-state index in [-0.39, 0.29) is 23.1 Å². The first-order valence-electron chi connectivity index (χ1n) is 9.95. The Morgan fingerprint density at radius 1 is 1.30 bits per heavy atom. The predicted molar refractivity (Wildman–Crippen MR) is 104 cm³/mol. The van der Waals surface area contributed by atoms with Gasteiger partial charge in [0.05, 0.1) is 10.5 Å². The van der Waals surface area contributed by atoms with Crippen LogP contribution < -0.4 is 10.6 Å². The molecule has 0 radical (unpaired) electrons. The fourth-order valence-corrected chi connectivity index (χ4v) is 7.03. The van der Waals surface area contributed by atoms with E-state index in [1.54, 1.807) is 6.20 Å². The molecule has 7 heteroatoms. The van der Waals surface area contributed by atoms with Crippen molar-refractivity contribution in [1.82, 2.24) is 15.6 Å². The van der Waals surface area contributed by atoms with Crippen LogP contribution in [-0.4, -0.2) is 42.4 Å². The molecule has 2 aliphatic carbocycles. The summed E-state index contributed by atoms with van der Waals surface area (Å²) in [4.78, 5) is 16.4. The minimum atomic E-state index is -3.07. The minimum absolute atomic E-state index is 0.00255. The van der Waals surface area contributed by atoms with Gasteiger partial charge in [0.25, 0.3) is 0 Å². The van der Waals surface area contributed by atoms with E-state index in [9.17, 15) is 13.2 Å². The number of carbonyl (C=O) groups excluding carboxylic acids is 1. The largest absolute Gasteiger partial charge is 0.353 e. The van der Waals surface area contributed by atoms with E-state index in [2.05, 4.69) is 15.6 Å². The predicted octanol–water partition coefficient (Wildman–Crippen LogP) is 1.81. The van der Waals surface area contributed by atoms with Crippen molar-refractivity contribution in [3.8, 4) is 0 Å². The smallest absolute Gasteiger partial charge is 0.226 e.